The molecule has 2 fully saturated rings. The van der Waals surface area contributed by atoms with E-state index in [1.165, 1.54) is 5.69 Å². The van der Waals surface area contributed by atoms with Crippen molar-refractivity contribution < 1.29 is 17.9 Å². The Morgan fingerprint density at radius 1 is 1.07 bits per heavy atom. The highest BCUT2D eigenvalue weighted by molar-refractivity contribution is 7.90. The highest BCUT2D eigenvalue weighted by atomic mass is 32.2. The lowest BCUT2D eigenvalue weighted by Gasteiger charge is -2.31. The van der Waals surface area contributed by atoms with Crippen LogP contribution in [0.5, 0.6) is 0 Å². The number of amides is 1. The summed E-state index contributed by atoms with van der Waals surface area (Å²) in [5, 5.41) is 3.04. The number of carbonyl (C=O) groups is 1. The number of carbonyl (C=O) groups excluding carboxylic acids is 1. The average molecular weight is 438 g/mol. The monoisotopic (exact) mass is 437 g/mol. The summed E-state index contributed by atoms with van der Waals surface area (Å²) in [4.78, 5) is 14.9. The second-order valence-electron chi connectivity index (χ2n) is 9.27. The van der Waals surface area contributed by atoms with E-state index >= 15 is 0 Å². The summed E-state index contributed by atoms with van der Waals surface area (Å²) in [5.74, 6) is 0.0115. The van der Waals surface area contributed by atoms with Crippen LogP contribution in [0.3, 0.4) is 0 Å². The molecule has 0 unspecified atom stereocenters. The lowest BCUT2D eigenvalue weighted by molar-refractivity contribution is -0.126. The average Bonchev–Trinajstić information content (AvgIpc) is 2.72. The summed E-state index contributed by atoms with van der Waals surface area (Å²) in [6, 6.07) is 8.23. The van der Waals surface area contributed by atoms with Gasteiger partial charge in [0.1, 0.15) is 0 Å². The summed E-state index contributed by atoms with van der Waals surface area (Å²) >= 11 is 0. The van der Waals surface area contributed by atoms with Gasteiger partial charge in [-0.25, -0.2) is 13.1 Å². The zero-order chi connectivity index (χ0) is 21.8. The van der Waals surface area contributed by atoms with Gasteiger partial charge in [0.15, 0.2) is 0 Å². The first-order valence-corrected chi connectivity index (χ1v) is 12.4. The van der Waals surface area contributed by atoms with Crippen molar-refractivity contribution >= 4 is 21.6 Å². The van der Waals surface area contributed by atoms with Crippen LogP contribution in [0.4, 0.5) is 5.69 Å². The number of sulfonamides is 1. The van der Waals surface area contributed by atoms with Crippen molar-refractivity contribution in [1.29, 1.82) is 0 Å². The van der Waals surface area contributed by atoms with E-state index in [0.717, 1.165) is 31.9 Å². The quantitative estimate of drug-likeness (QED) is 0.714. The van der Waals surface area contributed by atoms with Crippen LogP contribution in [0.1, 0.15) is 52.0 Å². The van der Waals surface area contributed by atoms with Gasteiger partial charge in [-0.3, -0.25) is 4.79 Å². The van der Waals surface area contributed by atoms with Crippen LogP contribution in [-0.4, -0.2) is 51.4 Å². The van der Waals surface area contributed by atoms with Crippen LogP contribution >= 0.6 is 0 Å². The van der Waals surface area contributed by atoms with Crippen LogP contribution in [-0.2, 0) is 26.1 Å². The predicted molar refractivity (Wildman–Crippen MR) is 119 cm³/mol. The third-order valence-electron chi connectivity index (χ3n) is 6.01. The lowest BCUT2D eigenvalue weighted by Crippen LogP contribution is -2.46. The van der Waals surface area contributed by atoms with Crippen LogP contribution in [0.15, 0.2) is 24.3 Å². The number of anilines is 1. The Hall–Kier alpha value is -1.64. The van der Waals surface area contributed by atoms with E-state index in [2.05, 4.69) is 39.2 Å². The number of hydrogen-bond donors (Lipinski definition) is 2. The fourth-order valence-corrected chi connectivity index (χ4v) is 4.88. The molecule has 0 bridgehead atoms. The van der Waals surface area contributed by atoms with Gasteiger partial charge in [0.25, 0.3) is 0 Å². The molecular formula is C22H35N3O4S. The SMILES string of the molecule is CC(C)(C)S(=O)(=O)NC1CCC(C(=O)NCc2ccc(N3CCOCC3)cc2)CC1. The molecule has 8 heteroatoms. The molecule has 2 aliphatic rings. The number of nitrogens with one attached hydrogen (secondary N) is 2. The van der Waals surface area contributed by atoms with Crippen LogP contribution < -0.4 is 14.9 Å². The molecule has 1 heterocycles. The minimum atomic E-state index is -3.35. The molecule has 0 aromatic heterocycles. The van der Waals surface area contributed by atoms with Gasteiger partial charge in [-0.05, 0) is 64.2 Å². The first-order chi connectivity index (χ1) is 14.2. The molecular weight excluding hydrogens is 402 g/mol. The number of ether oxygens (including phenoxy) is 1. The maximum Gasteiger partial charge on any atom is 0.223 e. The molecule has 0 radical (unpaired) electrons. The molecule has 2 N–H and O–H groups in total. The van der Waals surface area contributed by atoms with Crippen molar-refractivity contribution in [1.82, 2.24) is 10.0 Å². The third kappa shape index (κ3) is 5.95. The van der Waals surface area contributed by atoms with Crippen molar-refractivity contribution in [2.75, 3.05) is 31.2 Å². The Balaban J connectivity index is 1.43. The fraction of sp³-hybridized carbons (Fsp3) is 0.682. The minimum absolute atomic E-state index is 0.0481. The maximum atomic E-state index is 12.6. The van der Waals surface area contributed by atoms with Crippen LogP contribution in [0.25, 0.3) is 0 Å². The summed E-state index contributed by atoms with van der Waals surface area (Å²) in [6.45, 7) is 8.94. The Morgan fingerprint density at radius 2 is 1.67 bits per heavy atom. The summed E-state index contributed by atoms with van der Waals surface area (Å²) < 4.78 is 32.0. The van der Waals surface area contributed by atoms with E-state index in [0.29, 0.717) is 32.2 Å². The molecule has 1 aliphatic heterocycles. The largest absolute Gasteiger partial charge is 0.378 e. The summed E-state index contributed by atoms with van der Waals surface area (Å²) in [5.41, 5.74) is 2.26. The zero-order valence-electron chi connectivity index (χ0n) is 18.3. The van der Waals surface area contributed by atoms with E-state index in [9.17, 15) is 13.2 Å². The third-order valence-corrected chi connectivity index (χ3v) is 8.26. The maximum absolute atomic E-state index is 12.6. The molecule has 1 saturated carbocycles. The first-order valence-electron chi connectivity index (χ1n) is 10.9. The Labute approximate surface area is 180 Å². The summed E-state index contributed by atoms with van der Waals surface area (Å²) in [6.07, 6.45) is 2.81. The van der Waals surface area contributed by atoms with Gasteiger partial charge < -0.3 is 15.0 Å². The van der Waals surface area contributed by atoms with Crippen LogP contribution in [0.2, 0.25) is 0 Å². The standard InChI is InChI=1S/C22H35N3O4S/c1-22(2,3)30(27,28)24-19-8-6-18(7-9-19)21(26)23-16-17-4-10-20(11-5-17)25-12-14-29-15-13-25/h4-5,10-11,18-19,24H,6-9,12-16H2,1-3H3,(H,23,26). The molecule has 3 rings (SSSR count). The predicted octanol–water partition coefficient (Wildman–Crippen LogP) is 2.42. The van der Waals surface area contributed by atoms with Crippen LogP contribution in [0, 0.1) is 5.92 Å². The molecule has 7 nitrogen and oxygen atoms in total. The number of rotatable bonds is 6. The number of morpholine rings is 1. The summed E-state index contributed by atoms with van der Waals surface area (Å²) in [7, 11) is -3.35. The van der Waals surface area contributed by atoms with Crippen molar-refractivity contribution in [3.05, 3.63) is 29.8 Å². The number of benzene rings is 1. The van der Waals surface area contributed by atoms with Gasteiger partial charge in [0.2, 0.25) is 15.9 Å². The van der Waals surface area contributed by atoms with E-state index in [4.69, 9.17) is 4.74 Å². The zero-order valence-corrected chi connectivity index (χ0v) is 19.1. The second-order valence-corrected chi connectivity index (χ2v) is 11.7. The van der Waals surface area contributed by atoms with Crippen molar-refractivity contribution in [3.8, 4) is 0 Å². The number of hydrogen-bond acceptors (Lipinski definition) is 5. The second kappa shape index (κ2) is 9.66. The molecule has 168 valence electrons. The normalized spacial score (nSPS) is 23.2. The Morgan fingerprint density at radius 3 is 2.23 bits per heavy atom. The molecule has 0 spiro atoms. The topological polar surface area (TPSA) is 87.7 Å². The van der Waals surface area contributed by atoms with Crippen molar-refractivity contribution in [3.63, 3.8) is 0 Å². The van der Waals surface area contributed by atoms with Gasteiger partial charge in [-0.15, -0.1) is 0 Å². The first kappa shape index (κ1) is 23.0. The lowest BCUT2D eigenvalue weighted by atomic mass is 9.86. The number of nitrogens with zero attached hydrogens (tertiary/aromatic N) is 1. The van der Waals surface area contributed by atoms with Gasteiger partial charge in [0.05, 0.1) is 18.0 Å². The molecule has 30 heavy (non-hydrogen) atoms. The van der Waals surface area contributed by atoms with E-state index in [1.807, 2.05) is 0 Å². The van der Waals surface area contributed by atoms with Crippen molar-refractivity contribution in [2.45, 2.75) is 63.8 Å². The molecule has 0 atom stereocenters. The van der Waals surface area contributed by atoms with Gasteiger partial charge in [0, 0.05) is 37.3 Å². The molecule has 1 aromatic carbocycles. The highest BCUT2D eigenvalue weighted by Crippen LogP contribution is 2.26. The smallest absolute Gasteiger partial charge is 0.223 e. The van der Waals surface area contributed by atoms with Gasteiger partial charge in [-0.2, -0.15) is 0 Å². The fourth-order valence-electron chi connectivity index (χ4n) is 3.85. The molecule has 1 saturated heterocycles. The van der Waals surface area contributed by atoms with E-state index in [1.54, 1.807) is 20.8 Å². The van der Waals surface area contributed by atoms with E-state index < -0.39 is 14.8 Å². The van der Waals surface area contributed by atoms with E-state index in [-0.39, 0.29) is 17.9 Å². The molecule has 1 aromatic rings. The van der Waals surface area contributed by atoms with Crippen molar-refractivity contribution in [2.24, 2.45) is 5.92 Å². The highest BCUT2D eigenvalue weighted by Gasteiger charge is 2.34. The Bertz CT molecular complexity index is 804. The molecule has 1 amide bonds. The van der Waals surface area contributed by atoms with Gasteiger partial charge >= 0.3 is 0 Å². The van der Waals surface area contributed by atoms with Gasteiger partial charge in [-0.1, -0.05) is 12.1 Å². The minimum Gasteiger partial charge on any atom is -0.378 e. The Kier molecular flexibility index (Phi) is 7.42. The molecule has 1 aliphatic carbocycles.